The van der Waals surface area contributed by atoms with Crippen LogP contribution in [0.2, 0.25) is 0 Å². The highest BCUT2D eigenvalue weighted by Crippen LogP contribution is 2.45. The predicted molar refractivity (Wildman–Crippen MR) is 250 cm³/mol. The van der Waals surface area contributed by atoms with Crippen LogP contribution in [0.1, 0.15) is 58.1 Å². The Labute approximate surface area is 433 Å². The van der Waals surface area contributed by atoms with Gasteiger partial charge in [0.15, 0.2) is 24.6 Å². The van der Waals surface area contributed by atoms with Crippen molar-refractivity contribution in [2.24, 2.45) is 0 Å². The fourth-order valence-corrected chi connectivity index (χ4v) is 8.64. The van der Waals surface area contributed by atoms with E-state index in [1.165, 1.54) is 6.08 Å². The molecule has 0 saturated carbocycles. The average molecular weight is 1090 g/mol. The van der Waals surface area contributed by atoms with Crippen LogP contribution in [0.15, 0.2) is 61.2 Å². The van der Waals surface area contributed by atoms with Gasteiger partial charge in [-0.2, -0.15) is 0 Å². The molecule has 3 aliphatic rings. The van der Waals surface area contributed by atoms with E-state index in [4.69, 9.17) is 91.6 Å². The van der Waals surface area contributed by atoms with E-state index in [0.717, 1.165) is 64.0 Å². The molecule has 2 fully saturated rings. The number of rotatable bonds is 20. The number of hydrogen-bond acceptors (Lipinski definition) is 21. The Kier molecular flexibility index (Phi) is 20.6. The van der Waals surface area contributed by atoms with E-state index in [1.807, 2.05) is 48.5 Å². The number of amides is 2. The number of alkyl halides is 3. The number of carbonyl (C=O) groups excluding carboxylic acids is 8. The van der Waals surface area contributed by atoms with Gasteiger partial charge in [0.2, 0.25) is 9.70 Å². The normalized spacial score (nSPS) is 25.2. The van der Waals surface area contributed by atoms with Crippen molar-refractivity contribution in [3.05, 3.63) is 72.3 Å². The Morgan fingerprint density at radius 1 is 0.822 bits per heavy atom. The summed E-state index contributed by atoms with van der Waals surface area (Å²) in [7, 11) is 0.930. The minimum absolute atomic E-state index is 0.241. The topological polar surface area (TPSA) is 292 Å². The number of hydrogen-bond donors (Lipinski definition) is 3. The number of alkyl carbamates (subject to hydrolysis) is 1. The van der Waals surface area contributed by atoms with Gasteiger partial charge >= 0.3 is 42.1 Å². The molecular weight excluding hydrogens is 1030 g/mol. The average Bonchev–Trinajstić information content (AvgIpc) is 3.64. The highest BCUT2D eigenvalue weighted by atomic mass is 35.6. The van der Waals surface area contributed by atoms with E-state index < -0.39 is 151 Å². The Morgan fingerprint density at radius 3 is 2.00 bits per heavy atom. The molecule has 1 aliphatic carbocycles. The fourth-order valence-electron chi connectivity index (χ4n) is 8.48. The maximum Gasteiger partial charge on any atom is 0.508 e. The summed E-state index contributed by atoms with van der Waals surface area (Å²) in [4.78, 5) is 104. The minimum Gasteiger partial charge on any atom is -0.465 e. The molecule has 400 valence electrons. The van der Waals surface area contributed by atoms with Crippen molar-refractivity contribution in [1.29, 1.82) is 0 Å². The summed E-state index contributed by atoms with van der Waals surface area (Å²) in [5.41, 5.74) is 3.59. The lowest BCUT2D eigenvalue weighted by Crippen LogP contribution is -2.70. The number of nitrogens with one attached hydrogen (secondary N) is 2. The van der Waals surface area contributed by atoms with E-state index in [2.05, 4.69) is 17.2 Å². The summed E-state index contributed by atoms with van der Waals surface area (Å²) >= 11 is 17.4. The van der Waals surface area contributed by atoms with Crippen LogP contribution in [0.25, 0.3) is 11.1 Å². The summed E-state index contributed by atoms with van der Waals surface area (Å²) in [6.07, 6.45) is -16.6. The van der Waals surface area contributed by atoms with Crippen LogP contribution < -0.4 is 10.6 Å². The van der Waals surface area contributed by atoms with Crippen LogP contribution in [-0.4, -0.2) is 164 Å². The number of methoxy groups -OCH3 is 1. The summed E-state index contributed by atoms with van der Waals surface area (Å²) in [5, 5.41) is 17.1. The number of ether oxygens (including phenoxy) is 12. The van der Waals surface area contributed by atoms with Crippen LogP contribution in [0, 0.1) is 0 Å². The van der Waals surface area contributed by atoms with Crippen LogP contribution in [0.5, 0.6) is 0 Å². The second kappa shape index (κ2) is 25.9. The standard InChI is InChI=1S/C47H55Cl3N2O21/c1-8-17-63-42-37(52-44(60)66-22-47(48,49)50)40(72-45(61)65-19-32-30-15-11-9-13-28(30)29-14-10-12-16-31(29)32)38(58)34(71-42)21-67-46(43(59)62-7)18-33(68-25(4)55)36(51-23(2)53)41(73-46)39(70-27(6)57)35(69-26(5)56)20-64-24(3)54/h8-16,32-42,58H,1,17-22H2,2-7H3,(H,51,53)(H,52,60)/t33-,34+,35+,36+,37+,38+,39+,40+,41+,42-,46+/m0/s1. The van der Waals surface area contributed by atoms with E-state index >= 15 is 0 Å². The maximum absolute atomic E-state index is 14.1. The Morgan fingerprint density at radius 2 is 1.45 bits per heavy atom. The molecule has 0 radical (unpaired) electrons. The Hall–Kier alpha value is -5.79. The first-order chi connectivity index (χ1) is 34.5. The van der Waals surface area contributed by atoms with Gasteiger partial charge in [-0.1, -0.05) is 89.4 Å². The monoisotopic (exact) mass is 1090 g/mol. The van der Waals surface area contributed by atoms with Gasteiger partial charge in [-0.3, -0.25) is 24.0 Å². The van der Waals surface area contributed by atoms with Crippen molar-refractivity contribution in [2.45, 2.75) is 118 Å². The molecule has 2 heterocycles. The van der Waals surface area contributed by atoms with E-state index in [1.54, 1.807) is 0 Å². The van der Waals surface area contributed by atoms with Gasteiger partial charge in [0.1, 0.15) is 50.3 Å². The van der Waals surface area contributed by atoms with Gasteiger partial charge in [0.25, 0.3) is 5.79 Å². The zero-order valence-corrected chi connectivity index (χ0v) is 42.5. The Balaban J connectivity index is 1.53. The molecule has 26 heteroatoms. The molecule has 2 amide bonds. The maximum atomic E-state index is 14.1. The number of esters is 5. The van der Waals surface area contributed by atoms with Crippen molar-refractivity contribution < 1.29 is 100 Å². The molecule has 2 aromatic rings. The van der Waals surface area contributed by atoms with Crippen LogP contribution >= 0.6 is 34.8 Å². The number of halogens is 3. The first-order valence-corrected chi connectivity index (χ1v) is 23.5. The van der Waals surface area contributed by atoms with Crippen LogP contribution in [-0.2, 0) is 85.6 Å². The lowest BCUT2D eigenvalue weighted by Gasteiger charge is -2.49. The first kappa shape index (κ1) is 58.1. The second-order valence-electron chi connectivity index (χ2n) is 16.6. The fraction of sp³-hybridized carbons (Fsp3) is 0.532. The van der Waals surface area contributed by atoms with Gasteiger partial charge in [0, 0.05) is 40.5 Å². The zero-order chi connectivity index (χ0) is 53.8. The van der Waals surface area contributed by atoms with Crippen LogP contribution in [0.4, 0.5) is 9.59 Å². The highest BCUT2D eigenvalue weighted by molar-refractivity contribution is 6.67. The third-order valence-electron chi connectivity index (χ3n) is 11.2. The first-order valence-electron chi connectivity index (χ1n) is 22.4. The molecule has 2 aliphatic heterocycles. The third-order valence-corrected chi connectivity index (χ3v) is 11.6. The number of benzene rings is 2. The van der Waals surface area contributed by atoms with Crippen molar-refractivity contribution in [2.75, 3.05) is 40.1 Å². The molecule has 5 rings (SSSR count). The molecule has 0 spiro atoms. The number of aliphatic hydroxyl groups is 1. The minimum atomic E-state index is -2.78. The van der Waals surface area contributed by atoms with Gasteiger partial charge in [-0.15, -0.1) is 6.58 Å². The summed E-state index contributed by atoms with van der Waals surface area (Å²) in [6, 6.07) is 11.9. The lowest BCUT2D eigenvalue weighted by molar-refractivity contribution is -0.331. The smallest absolute Gasteiger partial charge is 0.465 e. The van der Waals surface area contributed by atoms with Gasteiger partial charge in [-0.05, 0) is 22.3 Å². The van der Waals surface area contributed by atoms with Gasteiger partial charge in [0.05, 0.1) is 32.8 Å². The molecule has 2 saturated heterocycles. The van der Waals surface area contributed by atoms with Crippen molar-refractivity contribution in [3.8, 4) is 11.1 Å². The Bertz CT molecular complexity index is 2300. The van der Waals surface area contributed by atoms with Crippen LogP contribution in [0.3, 0.4) is 0 Å². The summed E-state index contributed by atoms with van der Waals surface area (Å²) < 4.78 is 65.8. The predicted octanol–water partition coefficient (Wildman–Crippen LogP) is 3.61. The van der Waals surface area contributed by atoms with E-state index in [9.17, 15) is 43.5 Å². The second-order valence-corrected chi connectivity index (χ2v) is 19.1. The molecule has 0 bridgehead atoms. The largest absolute Gasteiger partial charge is 0.508 e. The number of carbonyl (C=O) groups is 8. The van der Waals surface area contributed by atoms with Crippen molar-refractivity contribution >= 4 is 82.8 Å². The molecule has 2 aromatic carbocycles. The van der Waals surface area contributed by atoms with Crippen molar-refractivity contribution in [3.63, 3.8) is 0 Å². The lowest BCUT2D eigenvalue weighted by atomic mass is 9.87. The molecule has 0 aromatic heterocycles. The quantitative estimate of drug-likeness (QED) is 0.0738. The molecule has 3 N–H and O–H groups in total. The molecule has 11 atom stereocenters. The summed E-state index contributed by atoms with van der Waals surface area (Å²) in [5.74, 6) is -9.11. The SMILES string of the molecule is C=CCO[C@H]1O[C@H](CO[C@]2(C(=O)OC)C[C@H](OC(C)=O)[C@@H](NC(C)=O)[C@H]([C@H](OC(C)=O)[C@@H](COC(C)=O)OC(C)=O)O2)[C@@H](O)[C@H](OC(=O)OCC2c3ccccc3-c3ccccc32)[C@H]1NC(=O)OCC(Cl)(Cl)Cl. The molecule has 0 unspecified atom stereocenters. The molecular formula is C47H55Cl3N2O21. The van der Waals surface area contributed by atoms with Crippen molar-refractivity contribution in [1.82, 2.24) is 10.6 Å². The molecule has 73 heavy (non-hydrogen) atoms. The zero-order valence-electron chi connectivity index (χ0n) is 40.2. The van der Waals surface area contributed by atoms with E-state index in [0.29, 0.717) is 0 Å². The summed E-state index contributed by atoms with van der Waals surface area (Å²) in [6.45, 7) is 5.71. The van der Waals surface area contributed by atoms with E-state index in [-0.39, 0.29) is 13.2 Å². The van der Waals surface area contributed by atoms with Gasteiger partial charge in [-0.25, -0.2) is 14.4 Å². The molecule has 23 nitrogen and oxygen atoms in total. The highest BCUT2D eigenvalue weighted by Gasteiger charge is 2.60. The van der Waals surface area contributed by atoms with Gasteiger partial charge < -0.3 is 72.6 Å². The number of fused-ring (bicyclic) bond motifs is 3. The third kappa shape index (κ3) is 15.6. The number of aliphatic hydroxyl groups excluding tert-OH is 1.